The molecule has 0 bridgehead atoms. The van der Waals surface area contributed by atoms with Gasteiger partial charge in [-0.05, 0) is 24.3 Å². The first-order chi connectivity index (χ1) is 8.70. The second-order valence-electron chi connectivity index (χ2n) is 3.64. The number of nitrogens with zero attached hydrogens (tertiary/aromatic N) is 1. The molecule has 0 saturated carbocycles. The Morgan fingerprint density at radius 3 is 2.67 bits per heavy atom. The van der Waals surface area contributed by atoms with Crippen molar-refractivity contribution in [3.05, 3.63) is 63.1 Å². The molecule has 0 radical (unpaired) electrons. The highest BCUT2D eigenvalue weighted by Gasteiger charge is 2.04. The Labute approximate surface area is 119 Å². The van der Waals surface area contributed by atoms with Crippen LogP contribution < -0.4 is 4.74 Å². The molecule has 2 aromatic rings. The fourth-order valence-electron chi connectivity index (χ4n) is 1.46. The van der Waals surface area contributed by atoms with E-state index in [0.717, 1.165) is 10.0 Å². The first-order valence-electron chi connectivity index (χ1n) is 5.26. The zero-order valence-corrected chi connectivity index (χ0v) is 11.7. The van der Waals surface area contributed by atoms with Crippen LogP contribution in [0.1, 0.15) is 11.1 Å². The van der Waals surface area contributed by atoms with Crippen LogP contribution >= 0.6 is 27.5 Å². The van der Waals surface area contributed by atoms with Crippen molar-refractivity contribution >= 4 is 27.5 Å². The van der Waals surface area contributed by atoms with Crippen LogP contribution in [-0.4, -0.2) is 0 Å². The van der Waals surface area contributed by atoms with Gasteiger partial charge in [0.1, 0.15) is 12.4 Å². The van der Waals surface area contributed by atoms with Gasteiger partial charge in [0.2, 0.25) is 0 Å². The molecule has 0 spiro atoms. The van der Waals surface area contributed by atoms with Crippen molar-refractivity contribution in [1.29, 1.82) is 5.26 Å². The Hall–Kier alpha value is -1.50. The average Bonchev–Trinajstić information content (AvgIpc) is 2.39. The maximum absolute atomic E-state index is 8.74. The summed E-state index contributed by atoms with van der Waals surface area (Å²) in [6.07, 6.45) is 0. The Morgan fingerprint density at radius 2 is 2.00 bits per heavy atom. The summed E-state index contributed by atoms with van der Waals surface area (Å²) in [6.45, 7) is 0.424. The van der Waals surface area contributed by atoms with Crippen molar-refractivity contribution in [1.82, 2.24) is 0 Å². The first-order valence-corrected chi connectivity index (χ1v) is 6.43. The van der Waals surface area contributed by atoms with Crippen molar-refractivity contribution in [2.24, 2.45) is 0 Å². The van der Waals surface area contributed by atoms with Gasteiger partial charge in [-0.1, -0.05) is 45.7 Å². The number of hydrogen-bond donors (Lipinski definition) is 0. The number of benzene rings is 2. The predicted molar refractivity (Wildman–Crippen MR) is 74.6 cm³/mol. The standard InChI is InChI=1S/C14H9BrClNO/c15-12-4-2-1-3-11(12)9-18-14-6-5-10(8-17)7-13(14)16/h1-7H,9H2. The lowest BCUT2D eigenvalue weighted by atomic mass is 10.2. The van der Waals surface area contributed by atoms with Crippen LogP contribution in [0.25, 0.3) is 0 Å². The lowest BCUT2D eigenvalue weighted by molar-refractivity contribution is 0.305. The van der Waals surface area contributed by atoms with Crippen molar-refractivity contribution in [3.63, 3.8) is 0 Å². The van der Waals surface area contributed by atoms with E-state index in [0.29, 0.717) is 22.9 Å². The number of ether oxygens (including phenoxy) is 1. The summed E-state index contributed by atoms with van der Waals surface area (Å²) in [5.74, 6) is 0.575. The number of nitriles is 1. The molecule has 0 heterocycles. The minimum atomic E-state index is 0.424. The van der Waals surface area contributed by atoms with Gasteiger partial charge < -0.3 is 4.74 Å². The molecule has 2 aromatic carbocycles. The molecule has 2 nitrogen and oxygen atoms in total. The molecule has 0 fully saturated rings. The van der Waals surface area contributed by atoms with Crippen LogP contribution in [0.2, 0.25) is 5.02 Å². The molecule has 0 N–H and O–H groups in total. The van der Waals surface area contributed by atoms with E-state index in [9.17, 15) is 0 Å². The molecular weight excluding hydrogens is 314 g/mol. The molecule has 0 amide bonds. The van der Waals surface area contributed by atoms with Crippen molar-refractivity contribution in [3.8, 4) is 11.8 Å². The van der Waals surface area contributed by atoms with Crippen LogP contribution in [0.4, 0.5) is 0 Å². The molecule has 2 rings (SSSR count). The van der Waals surface area contributed by atoms with E-state index in [1.54, 1.807) is 18.2 Å². The molecule has 0 aliphatic carbocycles. The zero-order chi connectivity index (χ0) is 13.0. The topological polar surface area (TPSA) is 33.0 Å². The first kappa shape index (κ1) is 12.9. The van der Waals surface area contributed by atoms with Gasteiger partial charge in [0.25, 0.3) is 0 Å². The minimum Gasteiger partial charge on any atom is -0.487 e. The van der Waals surface area contributed by atoms with Gasteiger partial charge in [0, 0.05) is 10.0 Å². The molecule has 0 aromatic heterocycles. The molecule has 0 saturated heterocycles. The summed E-state index contributed by atoms with van der Waals surface area (Å²) >= 11 is 9.48. The maximum atomic E-state index is 8.74. The third-order valence-electron chi connectivity index (χ3n) is 2.40. The van der Waals surface area contributed by atoms with Crippen LogP contribution in [0.5, 0.6) is 5.75 Å². The highest BCUT2D eigenvalue weighted by atomic mass is 79.9. The second-order valence-corrected chi connectivity index (χ2v) is 4.90. The third kappa shape index (κ3) is 3.04. The van der Waals surface area contributed by atoms with Crippen LogP contribution in [0.3, 0.4) is 0 Å². The largest absolute Gasteiger partial charge is 0.487 e. The fraction of sp³-hybridized carbons (Fsp3) is 0.0714. The average molecular weight is 323 g/mol. The normalized spacial score (nSPS) is 9.83. The van der Waals surface area contributed by atoms with Gasteiger partial charge >= 0.3 is 0 Å². The summed E-state index contributed by atoms with van der Waals surface area (Å²) in [5.41, 5.74) is 1.56. The quantitative estimate of drug-likeness (QED) is 0.830. The van der Waals surface area contributed by atoms with Gasteiger partial charge in [-0.25, -0.2) is 0 Å². The van der Waals surface area contributed by atoms with E-state index in [4.69, 9.17) is 21.6 Å². The zero-order valence-electron chi connectivity index (χ0n) is 9.36. The van der Waals surface area contributed by atoms with Crippen molar-refractivity contribution < 1.29 is 4.74 Å². The highest BCUT2D eigenvalue weighted by Crippen LogP contribution is 2.27. The molecule has 90 valence electrons. The second kappa shape index (κ2) is 5.90. The van der Waals surface area contributed by atoms with Gasteiger partial charge in [0.15, 0.2) is 0 Å². The molecule has 4 heteroatoms. The Morgan fingerprint density at radius 1 is 1.22 bits per heavy atom. The summed E-state index contributed by atoms with van der Waals surface area (Å²) < 4.78 is 6.63. The van der Waals surface area contributed by atoms with E-state index in [1.807, 2.05) is 30.3 Å². The van der Waals surface area contributed by atoms with Crippen LogP contribution in [-0.2, 0) is 6.61 Å². The molecular formula is C14H9BrClNO. The van der Waals surface area contributed by atoms with Gasteiger partial charge in [-0.3, -0.25) is 0 Å². The Kier molecular flexibility index (Phi) is 4.24. The van der Waals surface area contributed by atoms with E-state index in [1.165, 1.54) is 0 Å². The minimum absolute atomic E-state index is 0.424. The van der Waals surface area contributed by atoms with E-state index >= 15 is 0 Å². The van der Waals surface area contributed by atoms with Gasteiger partial charge in [-0.2, -0.15) is 5.26 Å². The SMILES string of the molecule is N#Cc1ccc(OCc2ccccc2Br)c(Cl)c1. The van der Waals surface area contributed by atoms with Gasteiger partial charge in [-0.15, -0.1) is 0 Å². The van der Waals surface area contributed by atoms with Crippen LogP contribution in [0.15, 0.2) is 46.9 Å². The van der Waals surface area contributed by atoms with Crippen LogP contribution in [0, 0.1) is 11.3 Å². The summed E-state index contributed by atoms with van der Waals surface area (Å²) in [6, 6.07) is 14.8. The summed E-state index contributed by atoms with van der Waals surface area (Å²) in [7, 11) is 0. The maximum Gasteiger partial charge on any atom is 0.138 e. The highest BCUT2D eigenvalue weighted by molar-refractivity contribution is 9.10. The third-order valence-corrected chi connectivity index (χ3v) is 3.47. The molecule has 18 heavy (non-hydrogen) atoms. The lowest BCUT2D eigenvalue weighted by Gasteiger charge is -2.09. The fourth-order valence-corrected chi connectivity index (χ4v) is 2.09. The summed E-state index contributed by atoms with van der Waals surface area (Å²) in [5, 5.41) is 9.19. The molecule has 0 unspecified atom stereocenters. The van der Waals surface area contributed by atoms with E-state index in [2.05, 4.69) is 15.9 Å². The molecule has 0 aliphatic rings. The summed E-state index contributed by atoms with van der Waals surface area (Å²) in [4.78, 5) is 0. The van der Waals surface area contributed by atoms with E-state index < -0.39 is 0 Å². The van der Waals surface area contributed by atoms with E-state index in [-0.39, 0.29) is 0 Å². The van der Waals surface area contributed by atoms with Crippen molar-refractivity contribution in [2.45, 2.75) is 6.61 Å². The predicted octanol–water partition coefficient (Wildman–Crippen LogP) is 4.55. The number of rotatable bonds is 3. The monoisotopic (exact) mass is 321 g/mol. The Bertz CT molecular complexity index is 607. The number of halogens is 2. The molecule has 0 aliphatic heterocycles. The van der Waals surface area contributed by atoms with Crippen molar-refractivity contribution in [2.75, 3.05) is 0 Å². The molecule has 0 atom stereocenters. The van der Waals surface area contributed by atoms with Gasteiger partial charge in [0.05, 0.1) is 16.7 Å². The lowest BCUT2D eigenvalue weighted by Crippen LogP contribution is -1.97. The Balaban J connectivity index is 2.12. The number of hydrogen-bond acceptors (Lipinski definition) is 2. The smallest absolute Gasteiger partial charge is 0.138 e.